The topological polar surface area (TPSA) is 39.2 Å². The molecule has 0 atom stereocenters. The van der Waals surface area contributed by atoms with Gasteiger partial charge in [0.1, 0.15) is 11.8 Å². The number of rotatable bonds is 3. The summed E-state index contributed by atoms with van der Waals surface area (Å²) >= 11 is 5.52. The fourth-order valence-electron chi connectivity index (χ4n) is 0.605. The van der Waals surface area contributed by atoms with Gasteiger partial charge in [-0.3, -0.25) is 0 Å². The van der Waals surface area contributed by atoms with E-state index in [9.17, 15) is 4.79 Å². The Morgan fingerprint density at radius 1 is 1.64 bits per heavy atom. The fourth-order valence-corrected chi connectivity index (χ4v) is 0.716. The first-order valence-electron chi connectivity index (χ1n) is 2.92. The van der Waals surface area contributed by atoms with Crippen LogP contribution in [0.4, 0.5) is 0 Å². The maximum Gasteiger partial charge on any atom is 0.417 e. The first kappa shape index (κ1) is 8.01. The van der Waals surface area contributed by atoms with Crippen molar-refractivity contribution < 1.29 is 9.53 Å². The maximum absolute atomic E-state index is 9.65. The molecule has 1 aromatic rings. The van der Waals surface area contributed by atoms with Gasteiger partial charge >= 0.3 is 6.47 Å². The molecular formula is C7H5ClNO2. The molecule has 0 fully saturated rings. The second kappa shape index (κ2) is 3.93. The Morgan fingerprint density at radius 2 is 2.45 bits per heavy atom. The van der Waals surface area contributed by atoms with Crippen molar-refractivity contribution in [1.82, 2.24) is 4.98 Å². The van der Waals surface area contributed by atoms with Crippen LogP contribution >= 0.6 is 11.6 Å². The molecule has 3 nitrogen and oxygen atoms in total. The minimum atomic E-state index is 0.188. The highest BCUT2D eigenvalue weighted by Gasteiger charge is 1.92. The van der Waals surface area contributed by atoms with E-state index in [0.717, 1.165) is 5.56 Å². The van der Waals surface area contributed by atoms with E-state index in [4.69, 9.17) is 11.6 Å². The lowest BCUT2D eigenvalue weighted by Crippen LogP contribution is -1.90. The highest BCUT2D eigenvalue weighted by Crippen LogP contribution is 2.05. The van der Waals surface area contributed by atoms with Crippen LogP contribution in [0.1, 0.15) is 5.56 Å². The number of ether oxygens (including phenoxy) is 1. The first-order valence-corrected chi connectivity index (χ1v) is 3.30. The van der Waals surface area contributed by atoms with E-state index in [0.29, 0.717) is 5.15 Å². The van der Waals surface area contributed by atoms with Crippen molar-refractivity contribution in [2.45, 2.75) is 6.61 Å². The number of carbonyl (C=O) groups excluding carboxylic acids is 1. The summed E-state index contributed by atoms with van der Waals surface area (Å²) < 4.78 is 4.37. The van der Waals surface area contributed by atoms with Crippen LogP contribution in [-0.2, 0) is 16.1 Å². The average Bonchev–Trinajstić information content (AvgIpc) is 2.04. The van der Waals surface area contributed by atoms with E-state index in [1.54, 1.807) is 18.3 Å². The zero-order valence-electron chi connectivity index (χ0n) is 5.58. The molecule has 1 rings (SSSR count). The Labute approximate surface area is 69.0 Å². The lowest BCUT2D eigenvalue weighted by Gasteiger charge is -1.96. The number of pyridine rings is 1. The largest absolute Gasteiger partial charge is 0.452 e. The number of halogens is 1. The van der Waals surface area contributed by atoms with Crippen molar-refractivity contribution in [3.8, 4) is 0 Å². The Morgan fingerprint density at radius 3 is 3.00 bits per heavy atom. The van der Waals surface area contributed by atoms with Crippen LogP contribution in [0.5, 0.6) is 0 Å². The second-order valence-electron chi connectivity index (χ2n) is 1.86. The molecule has 1 aromatic heterocycles. The van der Waals surface area contributed by atoms with E-state index in [1.807, 2.05) is 0 Å². The van der Waals surface area contributed by atoms with Gasteiger partial charge in [-0.1, -0.05) is 17.7 Å². The zero-order valence-corrected chi connectivity index (χ0v) is 6.34. The van der Waals surface area contributed by atoms with Gasteiger partial charge in [-0.05, 0) is 6.07 Å². The summed E-state index contributed by atoms with van der Waals surface area (Å²) in [6.07, 6.45) is 1.54. The summed E-state index contributed by atoms with van der Waals surface area (Å²) in [5.41, 5.74) is 0.790. The van der Waals surface area contributed by atoms with Crippen molar-refractivity contribution in [2.24, 2.45) is 0 Å². The van der Waals surface area contributed by atoms with Crippen LogP contribution in [0.15, 0.2) is 18.3 Å². The molecule has 1 radical (unpaired) electrons. The minimum absolute atomic E-state index is 0.188. The van der Waals surface area contributed by atoms with Crippen molar-refractivity contribution in [3.63, 3.8) is 0 Å². The van der Waals surface area contributed by atoms with E-state index in [-0.39, 0.29) is 6.61 Å². The van der Waals surface area contributed by atoms with Crippen LogP contribution in [0.3, 0.4) is 0 Å². The van der Waals surface area contributed by atoms with Crippen LogP contribution in [-0.4, -0.2) is 11.5 Å². The van der Waals surface area contributed by atoms with Crippen molar-refractivity contribution in [1.29, 1.82) is 0 Å². The molecule has 0 bridgehead atoms. The molecule has 4 heteroatoms. The third-order valence-electron chi connectivity index (χ3n) is 1.09. The summed E-state index contributed by atoms with van der Waals surface area (Å²) in [6.45, 7) is 1.51. The quantitative estimate of drug-likeness (QED) is 0.643. The van der Waals surface area contributed by atoms with Gasteiger partial charge in [0.25, 0.3) is 0 Å². The van der Waals surface area contributed by atoms with Gasteiger partial charge in [0.15, 0.2) is 0 Å². The molecule has 0 aromatic carbocycles. The van der Waals surface area contributed by atoms with Gasteiger partial charge < -0.3 is 4.74 Å². The Kier molecular flexibility index (Phi) is 2.86. The molecular weight excluding hydrogens is 166 g/mol. The van der Waals surface area contributed by atoms with Gasteiger partial charge in [-0.15, -0.1) is 0 Å². The lowest BCUT2D eigenvalue weighted by molar-refractivity contribution is 0.266. The third-order valence-corrected chi connectivity index (χ3v) is 1.31. The second-order valence-corrected chi connectivity index (χ2v) is 2.25. The highest BCUT2D eigenvalue weighted by atomic mass is 35.5. The molecule has 0 amide bonds. The van der Waals surface area contributed by atoms with Crippen molar-refractivity contribution in [2.75, 3.05) is 0 Å². The maximum atomic E-state index is 9.65. The lowest BCUT2D eigenvalue weighted by atomic mass is 10.3. The Hall–Kier alpha value is -1.09. The number of hydrogen-bond donors (Lipinski definition) is 0. The molecule has 0 aliphatic carbocycles. The van der Waals surface area contributed by atoms with Crippen LogP contribution in [0.2, 0.25) is 5.15 Å². The van der Waals surface area contributed by atoms with Crippen molar-refractivity contribution in [3.05, 3.63) is 29.0 Å². The summed E-state index contributed by atoms with van der Waals surface area (Å²) in [7, 11) is 0. The highest BCUT2D eigenvalue weighted by molar-refractivity contribution is 6.29. The molecule has 11 heavy (non-hydrogen) atoms. The summed E-state index contributed by atoms with van der Waals surface area (Å²) in [6, 6.07) is 3.36. The molecule has 0 aliphatic heterocycles. The Balaban J connectivity index is 2.58. The number of aromatic nitrogens is 1. The number of nitrogens with zero attached hydrogens (tertiary/aromatic N) is 1. The molecule has 0 saturated carbocycles. The molecule has 0 unspecified atom stereocenters. The van der Waals surface area contributed by atoms with Gasteiger partial charge in [0, 0.05) is 11.8 Å². The van der Waals surface area contributed by atoms with Gasteiger partial charge in [0.2, 0.25) is 0 Å². The summed E-state index contributed by atoms with van der Waals surface area (Å²) in [5, 5.41) is 0.420. The smallest absolute Gasteiger partial charge is 0.417 e. The molecule has 57 valence electrons. The number of hydrogen-bond acceptors (Lipinski definition) is 3. The molecule has 0 N–H and O–H groups in total. The SMILES string of the molecule is O=[C]OCc1ccc(Cl)nc1. The van der Waals surface area contributed by atoms with E-state index in [1.165, 1.54) is 6.47 Å². The molecule has 0 aliphatic rings. The third kappa shape index (κ3) is 2.55. The molecule has 0 spiro atoms. The zero-order chi connectivity index (χ0) is 8.10. The normalized spacial score (nSPS) is 9.18. The van der Waals surface area contributed by atoms with Crippen molar-refractivity contribution >= 4 is 18.1 Å². The fraction of sp³-hybridized carbons (Fsp3) is 0.143. The predicted octanol–water partition coefficient (Wildman–Crippen LogP) is 1.32. The molecule has 1 heterocycles. The van der Waals surface area contributed by atoms with Gasteiger partial charge in [0.05, 0.1) is 0 Å². The predicted molar refractivity (Wildman–Crippen MR) is 39.7 cm³/mol. The average molecular weight is 171 g/mol. The van der Waals surface area contributed by atoms with Gasteiger partial charge in [-0.2, -0.15) is 0 Å². The summed E-state index contributed by atoms with van der Waals surface area (Å²) in [4.78, 5) is 13.4. The first-order chi connectivity index (χ1) is 5.33. The van der Waals surface area contributed by atoms with E-state index < -0.39 is 0 Å². The Bertz CT molecular complexity index is 235. The standard InChI is InChI=1S/C7H5ClNO2/c8-7-2-1-6(3-9-7)4-11-5-10/h1-3H,4H2. The van der Waals surface area contributed by atoms with E-state index in [2.05, 4.69) is 9.72 Å². The van der Waals surface area contributed by atoms with Crippen LogP contribution in [0.25, 0.3) is 0 Å². The van der Waals surface area contributed by atoms with Crippen LogP contribution < -0.4 is 0 Å². The summed E-state index contributed by atoms with van der Waals surface area (Å²) in [5.74, 6) is 0. The van der Waals surface area contributed by atoms with E-state index >= 15 is 0 Å². The van der Waals surface area contributed by atoms with Gasteiger partial charge in [-0.25, -0.2) is 9.78 Å². The molecule has 0 saturated heterocycles. The monoisotopic (exact) mass is 170 g/mol. The van der Waals surface area contributed by atoms with Crippen LogP contribution in [0, 0.1) is 0 Å². The minimum Gasteiger partial charge on any atom is -0.452 e.